The largest absolute Gasteiger partial charge is 0.375 e. The van der Waals surface area contributed by atoms with Crippen molar-refractivity contribution in [3.8, 4) is 0 Å². The van der Waals surface area contributed by atoms with Crippen molar-refractivity contribution in [1.29, 1.82) is 0 Å². The summed E-state index contributed by atoms with van der Waals surface area (Å²) in [4.78, 5) is 0. The van der Waals surface area contributed by atoms with Crippen LogP contribution in [0.2, 0.25) is 0 Å². The molecule has 0 aromatic carbocycles. The van der Waals surface area contributed by atoms with Crippen LogP contribution in [0.5, 0.6) is 0 Å². The number of hydrogen-bond acceptors (Lipinski definition) is 1. The Bertz CT molecular complexity index is 123. The van der Waals surface area contributed by atoms with Crippen LogP contribution in [0.15, 0.2) is 0 Å². The second-order valence-electron chi connectivity index (χ2n) is 3.09. The van der Waals surface area contributed by atoms with Crippen molar-refractivity contribution in [2.24, 2.45) is 5.92 Å². The average Bonchev–Trinajstić information content (AvgIpc) is 1.94. The Morgan fingerprint density at radius 3 is 2.82 bits per heavy atom. The van der Waals surface area contributed by atoms with Crippen LogP contribution in [0.4, 0.5) is 8.78 Å². The minimum Gasteiger partial charge on any atom is -0.375 e. The predicted molar refractivity (Wildman–Crippen MR) is 38.8 cm³/mol. The Morgan fingerprint density at radius 2 is 2.27 bits per heavy atom. The van der Waals surface area contributed by atoms with E-state index in [1.54, 1.807) is 0 Å². The average molecular weight is 164 g/mol. The molecule has 0 bridgehead atoms. The van der Waals surface area contributed by atoms with E-state index in [0.29, 0.717) is 19.4 Å². The molecule has 1 heterocycles. The highest BCUT2D eigenvalue weighted by atomic mass is 19.3. The highest BCUT2D eigenvalue weighted by Gasteiger charge is 2.41. The van der Waals surface area contributed by atoms with E-state index in [4.69, 9.17) is 4.74 Å². The molecule has 1 rings (SSSR count). The van der Waals surface area contributed by atoms with E-state index in [1.165, 1.54) is 0 Å². The van der Waals surface area contributed by atoms with Gasteiger partial charge in [-0.2, -0.15) is 0 Å². The zero-order valence-corrected chi connectivity index (χ0v) is 6.78. The Kier molecular flexibility index (Phi) is 2.82. The van der Waals surface area contributed by atoms with Crippen LogP contribution >= 0.6 is 0 Å². The summed E-state index contributed by atoms with van der Waals surface area (Å²) in [5, 5.41) is 0. The molecule has 0 aromatic rings. The lowest BCUT2D eigenvalue weighted by Crippen LogP contribution is -2.38. The lowest BCUT2D eigenvalue weighted by atomic mass is 9.92. The van der Waals surface area contributed by atoms with E-state index < -0.39 is 11.8 Å². The highest BCUT2D eigenvalue weighted by molar-refractivity contribution is 4.79. The Hall–Kier alpha value is -0.180. The third kappa shape index (κ3) is 2.12. The van der Waals surface area contributed by atoms with Gasteiger partial charge in [-0.25, -0.2) is 8.78 Å². The fraction of sp³-hybridized carbons (Fsp3) is 1.00. The summed E-state index contributed by atoms with van der Waals surface area (Å²) in [6, 6.07) is 0. The van der Waals surface area contributed by atoms with E-state index in [2.05, 4.69) is 0 Å². The van der Waals surface area contributed by atoms with Crippen molar-refractivity contribution in [2.75, 3.05) is 13.2 Å². The standard InChI is InChI=1S/C8H14F2O/c1-2-3-7-4-5-11-6-8(7,9)10/h7H,2-6H2,1H3. The smallest absolute Gasteiger partial charge is 0.273 e. The number of ether oxygens (including phenoxy) is 1. The van der Waals surface area contributed by atoms with Crippen molar-refractivity contribution < 1.29 is 13.5 Å². The second-order valence-corrected chi connectivity index (χ2v) is 3.09. The third-order valence-corrected chi connectivity index (χ3v) is 2.14. The zero-order chi connectivity index (χ0) is 8.32. The van der Waals surface area contributed by atoms with Gasteiger partial charge in [-0.15, -0.1) is 0 Å². The fourth-order valence-electron chi connectivity index (χ4n) is 1.47. The predicted octanol–water partition coefficient (Wildman–Crippen LogP) is 2.46. The molecule has 1 fully saturated rings. The first-order valence-electron chi connectivity index (χ1n) is 4.12. The first-order chi connectivity index (χ1) is 5.17. The van der Waals surface area contributed by atoms with Gasteiger partial charge in [-0.1, -0.05) is 13.3 Å². The first-order valence-corrected chi connectivity index (χ1v) is 4.12. The van der Waals surface area contributed by atoms with Crippen molar-refractivity contribution in [3.63, 3.8) is 0 Å². The summed E-state index contributed by atoms with van der Waals surface area (Å²) >= 11 is 0. The Morgan fingerprint density at radius 1 is 1.55 bits per heavy atom. The van der Waals surface area contributed by atoms with Gasteiger partial charge in [-0.05, 0) is 12.8 Å². The van der Waals surface area contributed by atoms with Crippen molar-refractivity contribution in [3.05, 3.63) is 0 Å². The number of hydrogen-bond donors (Lipinski definition) is 0. The molecule has 66 valence electrons. The molecule has 1 aliphatic rings. The van der Waals surface area contributed by atoms with E-state index >= 15 is 0 Å². The lowest BCUT2D eigenvalue weighted by molar-refractivity contribution is -0.156. The van der Waals surface area contributed by atoms with Crippen LogP contribution in [0.25, 0.3) is 0 Å². The van der Waals surface area contributed by atoms with Crippen molar-refractivity contribution >= 4 is 0 Å². The quantitative estimate of drug-likeness (QED) is 0.609. The second kappa shape index (κ2) is 3.48. The van der Waals surface area contributed by atoms with Gasteiger partial charge in [0.25, 0.3) is 5.92 Å². The van der Waals surface area contributed by atoms with Gasteiger partial charge < -0.3 is 4.74 Å². The molecule has 1 aliphatic heterocycles. The number of halogens is 2. The van der Waals surface area contributed by atoms with Crippen molar-refractivity contribution in [2.45, 2.75) is 32.1 Å². The molecule has 0 aliphatic carbocycles. The van der Waals surface area contributed by atoms with Crippen molar-refractivity contribution in [1.82, 2.24) is 0 Å². The minimum absolute atomic E-state index is 0.377. The summed E-state index contributed by atoms with van der Waals surface area (Å²) in [6.45, 7) is 2.06. The molecule has 1 saturated heterocycles. The molecule has 0 saturated carbocycles. The molecule has 0 radical (unpaired) electrons. The summed E-state index contributed by atoms with van der Waals surface area (Å²) in [7, 11) is 0. The van der Waals surface area contributed by atoms with Gasteiger partial charge in [-0.3, -0.25) is 0 Å². The molecule has 0 N–H and O–H groups in total. The zero-order valence-electron chi connectivity index (χ0n) is 6.78. The summed E-state index contributed by atoms with van der Waals surface area (Å²) < 4.78 is 30.6. The maximum absolute atomic E-state index is 12.9. The Labute approximate surface area is 65.7 Å². The molecule has 0 aromatic heterocycles. The molecule has 1 unspecified atom stereocenters. The molecular weight excluding hydrogens is 150 g/mol. The maximum atomic E-state index is 12.9. The van der Waals surface area contributed by atoms with Crippen LogP contribution < -0.4 is 0 Å². The maximum Gasteiger partial charge on any atom is 0.273 e. The topological polar surface area (TPSA) is 9.23 Å². The van der Waals surface area contributed by atoms with Crippen LogP contribution in [0.1, 0.15) is 26.2 Å². The summed E-state index contributed by atoms with van der Waals surface area (Å²) in [6.07, 6.45) is 1.97. The van der Waals surface area contributed by atoms with Crippen LogP contribution in [0.3, 0.4) is 0 Å². The lowest BCUT2D eigenvalue weighted by Gasteiger charge is -2.30. The minimum atomic E-state index is -2.58. The molecule has 1 nitrogen and oxygen atoms in total. The SMILES string of the molecule is CCCC1CCOCC1(F)F. The van der Waals surface area contributed by atoms with E-state index in [0.717, 1.165) is 6.42 Å². The summed E-state index contributed by atoms with van der Waals surface area (Å²) in [5.41, 5.74) is 0. The molecular formula is C8H14F2O. The summed E-state index contributed by atoms with van der Waals surface area (Å²) in [5.74, 6) is -3.02. The monoisotopic (exact) mass is 164 g/mol. The molecule has 1 atom stereocenters. The van der Waals surface area contributed by atoms with Gasteiger partial charge >= 0.3 is 0 Å². The molecule has 3 heteroatoms. The first kappa shape index (κ1) is 8.91. The van der Waals surface area contributed by atoms with Gasteiger partial charge in [0, 0.05) is 12.5 Å². The Balaban J connectivity index is 2.45. The van der Waals surface area contributed by atoms with E-state index in [-0.39, 0.29) is 6.61 Å². The number of rotatable bonds is 2. The van der Waals surface area contributed by atoms with Crippen LogP contribution in [-0.2, 0) is 4.74 Å². The van der Waals surface area contributed by atoms with Gasteiger partial charge in [0.05, 0.1) is 0 Å². The normalized spacial score (nSPS) is 30.3. The molecule has 0 amide bonds. The fourth-order valence-corrected chi connectivity index (χ4v) is 1.47. The molecule has 11 heavy (non-hydrogen) atoms. The van der Waals surface area contributed by atoms with E-state index in [1.807, 2.05) is 6.92 Å². The van der Waals surface area contributed by atoms with Gasteiger partial charge in [0.15, 0.2) is 0 Å². The molecule has 0 spiro atoms. The van der Waals surface area contributed by atoms with E-state index in [9.17, 15) is 8.78 Å². The third-order valence-electron chi connectivity index (χ3n) is 2.14. The number of alkyl halides is 2. The van der Waals surface area contributed by atoms with Crippen LogP contribution in [-0.4, -0.2) is 19.1 Å². The van der Waals surface area contributed by atoms with Crippen LogP contribution in [0, 0.1) is 5.92 Å². The highest BCUT2D eigenvalue weighted by Crippen LogP contribution is 2.34. The van der Waals surface area contributed by atoms with Gasteiger partial charge in [0.1, 0.15) is 6.61 Å². The van der Waals surface area contributed by atoms with Gasteiger partial charge in [0.2, 0.25) is 0 Å².